The largest absolute Gasteiger partial charge is 0.490 e. The number of hydrogen-bond acceptors (Lipinski definition) is 5. The standard InChI is InChI=1S/C14H21N5O2/c1-4-11-5-12(18(3)17-11)8-19-14(20)6-13(7-16-19)21-9-10(2)15/h5-7,10H,4,8-9,15H2,1-3H3. The van der Waals surface area contributed by atoms with E-state index >= 15 is 0 Å². The molecule has 0 spiro atoms. The summed E-state index contributed by atoms with van der Waals surface area (Å²) in [4.78, 5) is 12.0. The summed E-state index contributed by atoms with van der Waals surface area (Å²) in [6, 6.07) is 3.32. The van der Waals surface area contributed by atoms with Crippen LogP contribution >= 0.6 is 0 Å². The van der Waals surface area contributed by atoms with Gasteiger partial charge in [0.05, 0.1) is 24.1 Å². The Labute approximate surface area is 123 Å². The van der Waals surface area contributed by atoms with Crippen molar-refractivity contribution < 1.29 is 4.74 Å². The first-order chi connectivity index (χ1) is 9.99. The molecule has 1 unspecified atom stereocenters. The molecule has 0 bridgehead atoms. The molecule has 0 radical (unpaired) electrons. The van der Waals surface area contributed by atoms with E-state index in [1.54, 1.807) is 4.68 Å². The molecule has 0 aliphatic heterocycles. The third-order valence-electron chi connectivity index (χ3n) is 3.06. The average molecular weight is 291 g/mol. The summed E-state index contributed by atoms with van der Waals surface area (Å²) < 4.78 is 8.54. The Morgan fingerprint density at radius 1 is 1.43 bits per heavy atom. The molecule has 0 aromatic carbocycles. The van der Waals surface area contributed by atoms with Gasteiger partial charge in [-0.05, 0) is 19.4 Å². The Hall–Kier alpha value is -2.15. The van der Waals surface area contributed by atoms with Crippen LogP contribution in [-0.4, -0.2) is 32.2 Å². The van der Waals surface area contributed by atoms with Gasteiger partial charge in [-0.25, -0.2) is 4.68 Å². The molecular formula is C14H21N5O2. The minimum Gasteiger partial charge on any atom is -0.490 e. The van der Waals surface area contributed by atoms with Crippen LogP contribution in [0.5, 0.6) is 5.75 Å². The third kappa shape index (κ3) is 3.91. The average Bonchev–Trinajstić information content (AvgIpc) is 2.80. The molecular weight excluding hydrogens is 270 g/mol. The lowest BCUT2D eigenvalue weighted by Crippen LogP contribution is -2.26. The van der Waals surface area contributed by atoms with Gasteiger partial charge in [-0.15, -0.1) is 0 Å². The zero-order valence-electron chi connectivity index (χ0n) is 12.6. The highest BCUT2D eigenvalue weighted by molar-refractivity contribution is 5.15. The van der Waals surface area contributed by atoms with Crippen LogP contribution in [-0.2, 0) is 20.0 Å². The van der Waals surface area contributed by atoms with Gasteiger partial charge in [-0.1, -0.05) is 6.92 Å². The monoisotopic (exact) mass is 291 g/mol. The van der Waals surface area contributed by atoms with E-state index < -0.39 is 0 Å². The summed E-state index contributed by atoms with van der Waals surface area (Å²) >= 11 is 0. The molecule has 2 aromatic rings. The Morgan fingerprint density at radius 3 is 2.76 bits per heavy atom. The van der Waals surface area contributed by atoms with Gasteiger partial charge in [0.2, 0.25) is 0 Å². The molecule has 1 atom stereocenters. The van der Waals surface area contributed by atoms with E-state index in [-0.39, 0.29) is 11.6 Å². The van der Waals surface area contributed by atoms with Gasteiger partial charge in [-0.2, -0.15) is 10.2 Å². The fraction of sp³-hybridized carbons (Fsp3) is 0.500. The van der Waals surface area contributed by atoms with E-state index in [4.69, 9.17) is 10.5 Å². The number of rotatable bonds is 6. The van der Waals surface area contributed by atoms with Gasteiger partial charge >= 0.3 is 0 Å². The van der Waals surface area contributed by atoms with E-state index in [9.17, 15) is 4.79 Å². The molecule has 114 valence electrons. The second-order valence-electron chi connectivity index (χ2n) is 5.08. The molecule has 2 N–H and O–H groups in total. The van der Waals surface area contributed by atoms with Crippen molar-refractivity contribution in [3.63, 3.8) is 0 Å². The topological polar surface area (TPSA) is 88.0 Å². The fourth-order valence-corrected chi connectivity index (χ4v) is 1.89. The number of aryl methyl sites for hydroxylation is 2. The lowest BCUT2D eigenvalue weighted by molar-refractivity contribution is 0.293. The van der Waals surface area contributed by atoms with E-state index in [1.165, 1.54) is 16.9 Å². The van der Waals surface area contributed by atoms with Crippen molar-refractivity contribution in [2.24, 2.45) is 12.8 Å². The van der Waals surface area contributed by atoms with Gasteiger partial charge < -0.3 is 10.5 Å². The van der Waals surface area contributed by atoms with Crippen molar-refractivity contribution in [1.82, 2.24) is 19.6 Å². The van der Waals surface area contributed by atoms with Crippen LogP contribution in [0.25, 0.3) is 0 Å². The molecule has 21 heavy (non-hydrogen) atoms. The molecule has 7 heteroatoms. The summed E-state index contributed by atoms with van der Waals surface area (Å²) in [6.45, 7) is 4.62. The smallest absolute Gasteiger partial charge is 0.270 e. The highest BCUT2D eigenvalue weighted by Gasteiger charge is 2.08. The predicted molar refractivity (Wildman–Crippen MR) is 79.3 cm³/mol. The van der Waals surface area contributed by atoms with E-state index in [1.807, 2.05) is 27.0 Å². The molecule has 0 saturated heterocycles. The van der Waals surface area contributed by atoms with Gasteiger partial charge in [0.1, 0.15) is 12.4 Å². The van der Waals surface area contributed by atoms with Crippen molar-refractivity contribution in [2.45, 2.75) is 32.9 Å². The van der Waals surface area contributed by atoms with E-state index in [0.717, 1.165) is 17.8 Å². The highest BCUT2D eigenvalue weighted by Crippen LogP contribution is 2.07. The molecule has 0 aliphatic rings. The summed E-state index contributed by atoms with van der Waals surface area (Å²) in [5.41, 5.74) is 7.33. The quantitative estimate of drug-likeness (QED) is 0.827. The molecule has 2 heterocycles. The zero-order chi connectivity index (χ0) is 15.4. The second kappa shape index (κ2) is 6.53. The summed E-state index contributed by atoms with van der Waals surface area (Å²) in [5, 5.41) is 8.48. The number of hydrogen-bond donors (Lipinski definition) is 1. The maximum absolute atomic E-state index is 12.0. The summed E-state index contributed by atoms with van der Waals surface area (Å²) in [7, 11) is 1.86. The van der Waals surface area contributed by atoms with Crippen LogP contribution in [0.2, 0.25) is 0 Å². The zero-order valence-corrected chi connectivity index (χ0v) is 12.6. The normalized spacial score (nSPS) is 12.4. The minimum absolute atomic E-state index is 0.0886. The number of nitrogens with zero attached hydrogens (tertiary/aromatic N) is 4. The highest BCUT2D eigenvalue weighted by atomic mass is 16.5. The summed E-state index contributed by atoms with van der Waals surface area (Å²) in [5.74, 6) is 0.438. The van der Waals surface area contributed by atoms with Crippen LogP contribution < -0.4 is 16.0 Å². The molecule has 0 saturated carbocycles. The van der Waals surface area contributed by atoms with E-state index in [0.29, 0.717) is 18.9 Å². The molecule has 2 rings (SSSR count). The van der Waals surface area contributed by atoms with Gasteiger partial charge in [0, 0.05) is 19.2 Å². The molecule has 0 fully saturated rings. The lowest BCUT2D eigenvalue weighted by Gasteiger charge is -2.09. The molecule has 0 amide bonds. The van der Waals surface area contributed by atoms with Crippen LogP contribution in [0, 0.1) is 0 Å². The molecule has 0 aliphatic carbocycles. The Kier molecular flexibility index (Phi) is 4.74. The van der Waals surface area contributed by atoms with Crippen molar-refractivity contribution in [2.75, 3.05) is 6.61 Å². The fourth-order valence-electron chi connectivity index (χ4n) is 1.89. The van der Waals surface area contributed by atoms with Crippen LogP contribution in [0.1, 0.15) is 25.2 Å². The predicted octanol–water partition coefficient (Wildman–Crippen LogP) is 0.314. The first-order valence-electron chi connectivity index (χ1n) is 6.97. The van der Waals surface area contributed by atoms with Crippen LogP contribution in [0.4, 0.5) is 0 Å². The molecule has 7 nitrogen and oxygen atoms in total. The van der Waals surface area contributed by atoms with Crippen LogP contribution in [0.15, 0.2) is 23.1 Å². The lowest BCUT2D eigenvalue weighted by atomic mass is 10.3. The second-order valence-corrected chi connectivity index (χ2v) is 5.08. The first kappa shape index (κ1) is 15.2. The van der Waals surface area contributed by atoms with Crippen LogP contribution in [0.3, 0.4) is 0 Å². The van der Waals surface area contributed by atoms with Gasteiger partial charge in [0.15, 0.2) is 0 Å². The number of aromatic nitrogens is 4. The SMILES string of the molecule is CCc1cc(Cn2ncc(OCC(C)N)cc2=O)n(C)n1. The van der Waals surface area contributed by atoms with Crippen molar-refractivity contribution >= 4 is 0 Å². The van der Waals surface area contributed by atoms with Crippen molar-refractivity contribution in [3.8, 4) is 5.75 Å². The number of ether oxygens (including phenoxy) is 1. The Balaban J connectivity index is 2.13. The third-order valence-corrected chi connectivity index (χ3v) is 3.06. The van der Waals surface area contributed by atoms with Gasteiger partial charge in [0.25, 0.3) is 5.56 Å². The number of nitrogens with two attached hydrogens (primary N) is 1. The maximum atomic E-state index is 12.0. The summed E-state index contributed by atoms with van der Waals surface area (Å²) in [6.07, 6.45) is 2.39. The van der Waals surface area contributed by atoms with E-state index in [2.05, 4.69) is 10.2 Å². The first-order valence-corrected chi connectivity index (χ1v) is 6.97. The van der Waals surface area contributed by atoms with Gasteiger partial charge in [-0.3, -0.25) is 9.48 Å². The Morgan fingerprint density at radius 2 is 2.19 bits per heavy atom. The van der Waals surface area contributed by atoms with Crippen molar-refractivity contribution in [3.05, 3.63) is 40.1 Å². The Bertz CT molecular complexity index is 660. The maximum Gasteiger partial charge on any atom is 0.270 e. The minimum atomic E-state index is -0.212. The van der Waals surface area contributed by atoms with Crippen molar-refractivity contribution in [1.29, 1.82) is 0 Å². The molecule has 2 aromatic heterocycles.